The van der Waals surface area contributed by atoms with Crippen LogP contribution in [0.3, 0.4) is 0 Å². The summed E-state index contributed by atoms with van der Waals surface area (Å²) in [6.45, 7) is 1.40. The molecule has 1 aliphatic heterocycles. The number of carbonyl (C=O) groups is 1. The van der Waals surface area contributed by atoms with Gasteiger partial charge in [-0.1, -0.05) is 12.1 Å². The van der Waals surface area contributed by atoms with Crippen molar-refractivity contribution >= 4 is 6.09 Å². The molecule has 0 radical (unpaired) electrons. The van der Waals surface area contributed by atoms with Gasteiger partial charge in [0.05, 0.1) is 6.54 Å². The molecule has 3 N–H and O–H groups in total. The summed E-state index contributed by atoms with van der Waals surface area (Å²) >= 11 is 0. The first-order chi connectivity index (χ1) is 7.70. The lowest BCUT2D eigenvalue weighted by atomic mass is 10.1. The fraction of sp³-hybridized carbons (Fsp3) is 0.364. The minimum atomic E-state index is -0.348. The van der Waals surface area contributed by atoms with E-state index in [2.05, 4.69) is 0 Å². The predicted octanol–water partition coefficient (Wildman–Crippen LogP) is 0.844. The Bertz CT molecular complexity index is 395. The number of benzene rings is 1. The Morgan fingerprint density at radius 3 is 3.06 bits per heavy atom. The van der Waals surface area contributed by atoms with Crippen molar-refractivity contribution in [2.24, 2.45) is 5.73 Å². The summed E-state index contributed by atoms with van der Waals surface area (Å²) in [6, 6.07) is 6.73. The lowest BCUT2D eigenvalue weighted by molar-refractivity contribution is 0.133. The summed E-state index contributed by atoms with van der Waals surface area (Å²) in [7, 11) is 0. The zero-order chi connectivity index (χ0) is 11.5. The van der Waals surface area contributed by atoms with E-state index in [1.807, 2.05) is 6.07 Å². The molecule has 0 aromatic heterocycles. The second kappa shape index (κ2) is 4.40. The summed E-state index contributed by atoms with van der Waals surface area (Å²) in [5.41, 5.74) is 6.19. The molecule has 16 heavy (non-hydrogen) atoms. The van der Waals surface area contributed by atoms with Crippen LogP contribution in [0.25, 0.3) is 0 Å². The van der Waals surface area contributed by atoms with Crippen LogP contribution in [0, 0.1) is 0 Å². The molecular formula is C11H14N2O3. The van der Waals surface area contributed by atoms with E-state index in [1.165, 1.54) is 0 Å². The number of hydrogen-bond acceptors (Lipinski definition) is 4. The topological polar surface area (TPSA) is 75.8 Å². The number of amides is 1. The summed E-state index contributed by atoms with van der Waals surface area (Å²) in [5.74, 6) is 0.172. The van der Waals surface area contributed by atoms with Gasteiger partial charge in [0, 0.05) is 13.1 Å². The molecule has 0 saturated carbocycles. The van der Waals surface area contributed by atoms with E-state index in [0.29, 0.717) is 19.6 Å². The number of rotatable bonds is 3. The molecule has 0 spiro atoms. The molecule has 0 bridgehead atoms. The molecule has 2 rings (SSSR count). The highest BCUT2D eigenvalue weighted by Crippen LogP contribution is 2.27. The second-order valence-electron chi connectivity index (χ2n) is 3.70. The van der Waals surface area contributed by atoms with E-state index >= 15 is 0 Å². The van der Waals surface area contributed by atoms with Crippen LogP contribution < -0.4 is 5.73 Å². The Hall–Kier alpha value is -1.75. The lowest BCUT2D eigenvalue weighted by Crippen LogP contribution is -2.30. The smallest absolute Gasteiger partial charge is 0.410 e. The molecular weight excluding hydrogens is 208 g/mol. The van der Waals surface area contributed by atoms with Crippen molar-refractivity contribution in [2.45, 2.75) is 6.10 Å². The van der Waals surface area contributed by atoms with Crippen LogP contribution in [0.2, 0.25) is 0 Å². The van der Waals surface area contributed by atoms with Crippen molar-refractivity contribution < 1.29 is 14.6 Å². The van der Waals surface area contributed by atoms with Gasteiger partial charge >= 0.3 is 6.09 Å². The molecule has 1 aromatic rings. The number of phenolic OH excluding ortho intramolecular Hbond substituents is 1. The largest absolute Gasteiger partial charge is 0.508 e. The maximum atomic E-state index is 11.4. The Labute approximate surface area is 93.4 Å². The number of ether oxygens (including phenoxy) is 1. The molecule has 1 fully saturated rings. The third kappa shape index (κ3) is 2.09. The fourth-order valence-corrected chi connectivity index (χ4v) is 1.75. The summed E-state index contributed by atoms with van der Waals surface area (Å²) in [6.07, 6.45) is -0.662. The highest BCUT2D eigenvalue weighted by Gasteiger charge is 2.31. The number of nitrogens with two attached hydrogens (primary N) is 1. The van der Waals surface area contributed by atoms with Gasteiger partial charge in [-0.2, -0.15) is 0 Å². The van der Waals surface area contributed by atoms with E-state index < -0.39 is 0 Å². The third-order valence-corrected chi connectivity index (χ3v) is 2.53. The van der Waals surface area contributed by atoms with Crippen LogP contribution in [-0.2, 0) is 4.74 Å². The Morgan fingerprint density at radius 1 is 1.56 bits per heavy atom. The summed E-state index contributed by atoms with van der Waals surface area (Å²) in [4.78, 5) is 13.0. The first kappa shape index (κ1) is 10.8. The first-order valence-corrected chi connectivity index (χ1v) is 5.15. The number of hydrogen-bond donors (Lipinski definition) is 2. The van der Waals surface area contributed by atoms with Gasteiger partial charge < -0.3 is 20.5 Å². The minimum Gasteiger partial charge on any atom is -0.508 e. The van der Waals surface area contributed by atoms with E-state index in [0.717, 1.165) is 5.56 Å². The van der Waals surface area contributed by atoms with E-state index in [1.54, 1.807) is 23.1 Å². The fourth-order valence-electron chi connectivity index (χ4n) is 1.75. The maximum Gasteiger partial charge on any atom is 0.410 e. The zero-order valence-corrected chi connectivity index (χ0v) is 8.80. The zero-order valence-electron chi connectivity index (χ0n) is 8.80. The number of aromatic hydroxyl groups is 1. The molecule has 86 valence electrons. The molecule has 1 amide bonds. The number of nitrogens with zero attached hydrogens (tertiary/aromatic N) is 1. The van der Waals surface area contributed by atoms with Crippen LogP contribution in [0.4, 0.5) is 4.79 Å². The standard InChI is InChI=1S/C11H14N2O3/c12-4-5-13-7-10(16-11(13)15)8-2-1-3-9(14)6-8/h1-3,6,10,14H,4-5,7,12H2. The monoisotopic (exact) mass is 222 g/mol. The summed E-state index contributed by atoms with van der Waals surface area (Å²) < 4.78 is 5.19. The second-order valence-corrected chi connectivity index (χ2v) is 3.70. The van der Waals surface area contributed by atoms with Crippen molar-refractivity contribution in [3.63, 3.8) is 0 Å². The van der Waals surface area contributed by atoms with Gasteiger partial charge in [-0.25, -0.2) is 4.79 Å². The van der Waals surface area contributed by atoms with Gasteiger partial charge in [-0.05, 0) is 17.7 Å². The quantitative estimate of drug-likeness (QED) is 0.794. The Balaban J connectivity index is 2.10. The molecule has 1 atom stereocenters. The molecule has 1 heterocycles. The Morgan fingerprint density at radius 2 is 2.38 bits per heavy atom. The predicted molar refractivity (Wildman–Crippen MR) is 58.0 cm³/mol. The molecule has 0 aliphatic carbocycles. The molecule has 1 saturated heterocycles. The summed E-state index contributed by atoms with van der Waals surface area (Å²) in [5, 5.41) is 9.33. The molecule has 1 unspecified atom stereocenters. The maximum absolute atomic E-state index is 11.4. The minimum absolute atomic E-state index is 0.172. The molecule has 1 aromatic carbocycles. The van der Waals surface area contributed by atoms with Crippen molar-refractivity contribution in [1.82, 2.24) is 4.90 Å². The molecule has 5 nitrogen and oxygen atoms in total. The van der Waals surface area contributed by atoms with Gasteiger partial charge in [0.15, 0.2) is 0 Å². The number of cyclic esters (lactones) is 1. The van der Waals surface area contributed by atoms with E-state index in [9.17, 15) is 9.90 Å². The SMILES string of the molecule is NCCN1CC(c2cccc(O)c2)OC1=O. The van der Waals surface area contributed by atoms with Crippen molar-refractivity contribution in [1.29, 1.82) is 0 Å². The number of phenols is 1. The van der Waals surface area contributed by atoms with E-state index in [-0.39, 0.29) is 17.9 Å². The van der Waals surface area contributed by atoms with Crippen molar-refractivity contribution in [3.05, 3.63) is 29.8 Å². The third-order valence-electron chi connectivity index (χ3n) is 2.53. The highest BCUT2D eigenvalue weighted by atomic mass is 16.6. The van der Waals surface area contributed by atoms with Crippen molar-refractivity contribution in [3.8, 4) is 5.75 Å². The van der Waals surface area contributed by atoms with E-state index in [4.69, 9.17) is 10.5 Å². The average Bonchev–Trinajstić information content (AvgIpc) is 2.61. The van der Waals surface area contributed by atoms with Gasteiger partial charge in [0.1, 0.15) is 11.9 Å². The normalized spacial score (nSPS) is 19.9. The van der Waals surface area contributed by atoms with Crippen LogP contribution in [0.5, 0.6) is 5.75 Å². The van der Waals surface area contributed by atoms with Crippen molar-refractivity contribution in [2.75, 3.05) is 19.6 Å². The van der Waals surface area contributed by atoms with Gasteiger partial charge in [0.25, 0.3) is 0 Å². The van der Waals surface area contributed by atoms with Gasteiger partial charge in [-0.3, -0.25) is 0 Å². The lowest BCUT2D eigenvalue weighted by Gasteiger charge is -2.10. The molecule has 1 aliphatic rings. The molecule has 5 heteroatoms. The van der Waals surface area contributed by atoms with Crippen LogP contribution in [-0.4, -0.2) is 35.7 Å². The highest BCUT2D eigenvalue weighted by molar-refractivity contribution is 5.70. The Kier molecular flexibility index (Phi) is 2.96. The van der Waals surface area contributed by atoms with Crippen LogP contribution in [0.15, 0.2) is 24.3 Å². The van der Waals surface area contributed by atoms with Gasteiger partial charge in [0.2, 0.25) is 0 Å². The van der Waals surface area contributed by atoms with Crippen LogP contribution in [0.1, 0.15) is 11.7 Å². The van der Waals surface area contributed by atoms with Crippen LogP contribution >= 0.6 is 0 Å². The number of carbonyl (C=O) groups excluding carboxylic acids is 1. The van der Waals surface area contributed by atoms with Gasteiger partial charge in [-0.15, -0.1) is 0 Å². The first-order valence-electron chi connectivity index (χ1n) is 5.15. The average molecular weight is 222 g/mol.